The molecule has 0 saturated heterocycles. The van der Waals surface area contributed by atoms with Crippen molar-refractivity contribution < 1.29 is 18.1 Å². The third kappa shape index (κ3) is 5.81. The molecule has 140 valence electrons. The molecule has 1 aromatic carbocycles. The minimum Gasteiger partial charge on any atom is -0.378 e. The van der Waals surface area contributed by atoms with Gasteiger partial charge in [-0.1, -0.05) is 0 Å². The first-order valence-electron chi connectivity index (χ1n) is 7.77. The quantitative estimate of drug-likeness (QED) is 0.380. The van der Waals surface area contributed by atoms with Gasteiger partial charge in [0.15, 0.2) is 9.84 Å². The molecule has 0 unspecified atom stereocenters. The van der Waals surface area contributed by atoms with E-state index in [0.717, 1.165) is 17.9 Å². The Morgan fingerprint density at radius 3 is 2.65 bits per heavy atom. The van der Waals surface area contributed by atoms with Crippen molar-refractivity contribution in [2.75, 3.05) is 24.7 Å². The first-order valence-corrected chi connectivity index (χ1v) is 10.6. The highest BCUT2D eigenvalue weighted by atomic mass is 32.2. The van der Waals surface area contributed by atoms with Crippen LogP contribution in [0.5, 0.6) is 0 Å². The normalized spacial score (nSPS) is 11.1. The third-order valence-corrected chi connectivity index (χ3v) is 5.42. The van der Waals surface area contributed by atoms with E-state index in [1.807, 2.05) is 16.8 Å². The zero-order valence-electron chi connectivity index (χ0n) is 14.1. The smallest absolute Gasteiger partial charge is 0.293 e. The molecule has 0 atom stereocenters. The predicted molar refractivity (Wildman–Crippen MR) is 100 cm³/mol. The van der Waals surface area contributed by atoms with E-state index in [1.165, 1.54) is 12.1 Å². The average molecular weight is 397 g/mol. The molecule has 0 radical (unpaired) electrons. The highest BCUT2D eigenvalue weighted by molar-refractivity contribution is 7.90. The Bertz CT molecular complexity index is 879. The van der Waals surface area contributed by atoms with Crippen LogP contribution in [0.4, 0.5) is 11.4 Å². The van der Waals surface area contributed by atoms with Crippen LogP contribution in [-0.2, 0) is 21.1 Å². The largest absolute Gasteiger partial charge is 0.378 e. The van der Waals surface area contributed by atoms with Gasteiger partial charge in [-0.25, -0.2) is 8.42 Å². The van der Waals surface area contributed by atoms with Crippen LogP contribution in [0.2, 0.25) is 0 Å². The van der Waals surface area contributed by atoms with Crippen molar-refractivity contribution >= 4 is 38.5 Å². The number of nitrogens with zero attached hydrogens (tertiary/aromatic N) is 1. The minimum absolute atomic E-state index is 0.0973. The van der Waals surface area contributed by atoms with Crippen LogP contribution in [0.15, 0.2) is 39.9 Å². The SMILES string of the molecule is CS(=O)(=O)c1ccc(NCCNC(=O)CCc2ccsc2)c([N+](=O)[O-])c1. The Morgan fingerprint density at radius 2 is 2.04 bits per heavy atom. The molecule has 0 aliphatic rings. The van der Waals surface area contributed by atoms with Gasteiger partial charge in [-0.3, -0.25) is 14.9 Å². The first kappa shape index (κ1) is 19.9. The topological polar surface area (TPSA) is 118 Å². The molecule has 26 heavy (non-hydrogen) atoms. The summed E-state index contributed by atoms with van der Waals surface area (Å²) in [5.41, 5.74) is 0.997. The fraction of sp³-hybridized carbons (Fsp3) is 0.312. The molecule has 2 rings (SSSR count). The number of sulfone groups is 1. The molecule has 0 saturated carbocycles. The molecule has 1 heterocycles. The molecule has 2 aromatic rings. The average Bonchev–Trinajstić information content (AvgIpc) is 3.09. The van der Waals surface area contributed by atoms with Gasteiger partial charge >= 0.3 is 0 Å². The monoisotopic (exact) mass is 397 g/mol. The third-order valence-electron chi connectivity index (χ3n) is 3.58. The second-order valence-electron chi connectivity index (χ2n) is 5.62. The Morgan fingerprint density at radius 1 is 1.27 bits per heavy atom. The molecule has 8 nitrogen and oxygen atoms in total. The van der Waals surface area contributed by atoms with Crippen LogP contribution in [0, 0.1) is 10.1 Å². The van der Waals surface area contributed by atoms with Gasteiger partial charge in [0.2, 0.25) is 5.91 Å². The van der Waals surface area contributed by atoms with E-state index in [0.29, 0.717) is 19.4 Å². The minimum atomic E-state index is -3.53. The zero-order chi connectivity index (χ0) is 19.2. The van der Waals surface area contributed by atoms with Gasteiger partial charge in [-0.15, -0.1) is 0 Å². The van der Waals surface area contributed by atoms with E-state index in [4.69, 9.17) is 0 Å². The fourth-order valence-corrected chi connectivity index (χ4v) is 3.57. The Kier molecular flexibility index (Phi) is 6.70. The fourth-order valence-electron chi connectivity index (χ4n) is 2.22. The standard InChI is InChI=1S/C16H19N3O5S2/c1-26(23,24)13-3-4-14(15(10-13)19(21)22)17-7-8-18-16(20)5-2-12-6-9-25-11-12/h3-4,6,9-11,17H,2,5,7-8H2,1H3,(H,18,20). The molecule has 0 aliphatic carbocycles. The Labute approximate surface area is 155 Å². The molecule has 2 N–H and O–H groups in total. The van der Waals surface area contributed by atoms with E-state index in [2.05, 4.69) is 10.6 Å². The van der Waals surface area contributed by atoms with Gasteiger partial charge in [0.05, 0.1) is 9.82 Å². The Balaban J connectivity index is 1.85. The maximum Gasteiger partial charge on any atom is 0.293 e. The summed E-state index contributed by atoms with van der Waals surface area (Å²) >= 11 is 1.58. The van der Waals surface area contributed by atoms with E-state index in [1.54, 1.807) is 11.3 Å². The van der Waals surface area contributed by atoms with Crippen LogP contribution in [0.25, 0.3) is 0 Å². The lowest BCUT2D eigenvalue weighted by Gasteiger charge is -2.09. The number of nitro benzene ring substituents is 1. The number of rotatable bonds is 9. The summed E-state index contributed by atoms with van der Waals surface area (Å²) in [4.78, 5) is 22.2. The molecular weight excluding hydrogens is 378 g/mol. The summed E-state index contributed by atoms with van der Waals surface area (Å²) < 4.78 is 23.0. The summed E-state index contributed by atoms with van der Waals surface area (Å²) in [5, 5.41) is 20.7. The van der Waals surface area contributed by atoms with E-state index >= 15 is 0 Å². The molecule has 1 amide bonds. The second kappa shape index (κ2) is 8.77. The van der Waals surface area contributed by atoms with Crippen LogP contribution in [0.3, 0.4) is 0 Å². The number of anilines is 1. The number of nitro groups is 1. The van der Waals surface area contributed by atoms with Crippen molar-refractivity contribution in [2.24, 2.45) is 0 Å². The van der Waals surface area contributed by atoms with Gasteiger partial charge < -0.3 is 10.6 Å². The lowest BCUT2D eigenvalue weighted by molar-refractivity contribution is -0.384. The zero-order valence-corrected chi connectivity index (χ0v) is 15.7. The number of hydrogen-bond acceptors (Lipinski definition) is 7. The van der Waals surface area contributed by atoms with Crippen LogP contribution >= 0.6 is 11.3 Å². The highest BCUT2D eigenvalue weighted by Crippen LogP contribution is 2.27. The molecule has 10 heteroatoms. The van der Waals surface area contributed by atoms with Crippen LogP contribution < -0.4 is 10.6 Å². The van der Waals surface area contributed by atoms with Gasteiger partial charge in [-0.05, 0) is 40.9 Å². The first-order chi connectivity index (χ1) is 12.3. The number of carbonyl (C=O) groups excluding carboxylic acids is 1. The van der Waals surface area contributed by atoms with Gasteiger partial charge in [0, 0.05) is 31.8 Å². The number of hydrogen-bond donors (Lipinski definition) is 2. The van der Waals surface area contributed by atoms with Gasteiger partial charge in [0.25, 0.3) is 5.69 Å². The van der Waals surface area contributed by atoms with Crippen LogP contribution in [-0.4, -0.2) is 38.6 Å². The molecule has 0 spiro atoms. The van der Waals surface area contributed by atoms with Crippen LogP contribution in [0.1, 0.15) is 12.0 Å². The van der Waals surface area contributed by atoms with E-state index in [-0.39, 0.29) is 28.7 Å². The maximum atomic E-state index is 11.8. The van der Waals surface area contributed by atoms with Crippen molar-refractivity contribution in [3.8, 4) is 0 Å². The summed E-state index contributed by atoms with van der Waals surface area (Å²) in [7, 11) is -3.53. The molecule has 1 aromatic heterocycles. The molecular formula is C16H19N3O5S2. The van der Waals surface area contributed by atoms with E-state index in [9.17, 15) is 23.3 Å². The molecule has 0 bridgehead atoms. The predicted octanol–water partition coefficient (Wildman–Crippen LogP) is 2.22. The van der Waals surface area contributed by atoms with Crippen molar-refractivity contribution in [1.82, 2.24) is 5.32 Å². The van der Waals surface area contributed by atoms with E-state index < -0.39 is 14.8 Å². The number of aryl methyl sites for hydroxylation is 1. The molecule has 0 fully saturated rings. The summed E-state index contributed by atoms with van der Waals surface area (Å²) in [6.07, 6.45) is 2.03. The highest BCUT2D eigenvalue weighted by Gasteiger charge is 2.18. The number of benzene rings is 1. The number of thiophene rings is 1. The Hall–Kier alpha value is -2.46. The summed E-state index contributed by atoms with van der Waals surface area (Å²) in [6.45, 7) is 0.580. The van der Waals surface area contributed by atoms with Crippen molar-refractivity contribution in [1.29, 1.82) is 0 Å². The van der Waals surface area contributed by atoms with Crippen molar-refractivity contribution in [3.63, 3.8) is 0 Å². The lowest BCUT2D eigenvalue weighted by atomic mass is 10.2. The number of amides is 1. The second-order valence-corrected chi connectivity index (χ2v) is 8.41. The van der Waals surface area contributed by atoms with Crippen molar-refractivity contribution in [2.45, 2.75) is 17.7 Å². The van der Waals surface area contributed by atoms with Gasteiger partial charge in [-0.2, -0.15) is 11.3 Å². The lowest BCUT2D eigenvalue weighted by Crippen LogP contribution is -2.29. The molecule has 0 aliphatic heterocycles. The summed E-state index contributed by atoms with van der Waals surface area (Å²) in [6, 6.07) is 5.66. The van der Waals surface area contributed by atoms with Gasteiger partial charge in [0.1, 0.15) is 5.69 Å². The summed E-state index contributed by atoms with van der Waals surface area (Å²) in [5.74, 6) is -0.0973. The van der Waals surface area contributed by atoms with Crippen molar-refractivity contribution in [3.05, 3.63) is 50.7 Å². The number of carbonyl (C=O) groups is 1. The number of nitrogens with one attached hydrogen (secondary N) is 2. The maximum absolute atomic E-state index is 11.8.